The molecule has 202 valence electrons. The van der Waals surface area contributed by atoms with Crippen molar-refractivity contribution in [3.8, 4) is 17.1 Å². The van der Waals surface area contributed by atoms with Gasteiger partial charge in [-0.15, -0.1) is 0 Å². The van der Waals surface area contributed by atoms with Gasteiger partial charge in [-0.2, -0.15) is 0 Å². The Morgan fingerprint density at radius 3 is 2.52 bits per heavy atom. The van der Waals surface area contributed by atoms with E-state index in [0.29, 0.717) is 0 Å². The van der Waals surface area contributed by atoms with E-state index in [9.17, 15) is 0 Å². The maximum Gasteiger partial charge on any atom is 0.241 e. The summed E-state index contributed by atoms with van der Waals surface area (Å²) in [4.78, 5) is 13.0. The number of aryl methyl sites for hydroxylation is 1. The van der Waals surface area contributed by atoms with E-state index in [1.54, 1.807) is 28.9 Å². The lowest BCUT2D eigenvalue weighted by molar-refractivity contribution is 0.667. The van der Waals surface area contributed by atoms with Crippen LogP contribution in [-0.4, -0.2) is 34.3 Å². The Morgan fingerprint density at radius 2 is 1.62 bits per heavy atom. The first kappa shape index (κ1) is 24.3. The van der Waals surface area contributed by atoms with E-state index in [1.807, 2.05) is 0 Å². The summed E-state index contributed by atoms with van der Waals surface area (Å²) in [5.41, 5.74) is 14.2. The molecule has 3 aliphatic rings. The van der Waals surface area contributed by atoms with Gasteiger partial charge in [-0.05, 0) is 67.0 Å². The van der Waals surface area contributed by atoms with Crippen LogP contribution in [-0.2, 0) is 19.3 Å². The third kappa shape index (κ3) is 3.33. The normalized spacial score (nSPS) is 16.0. The number of nitrogens with zero attached hydrogens (tertiary/aromatic N) is 4. The van der Waals surface area contributed by atoms with Crippen molar-refractivity contribution in [2.75, 3.05) is 0 Å². The molecule has 0 atom stereocenters. The summed E-state index contributed by atoms with van der Waals surface area (Å²) in [6, 6.07) is 30.4. The maximum absolute atomic E-state index is 4.48. The minimum atomic E-state index is -1.97. The van der Waals surface area contributed by atoms with Gasteiger partial charge in [-0.3, -0.25) is 0 Å². The number of fused-ring (bicyclic) bond motifs is 7. The van der Waals surface area contributed by atoms with Crippen LogP contribution in [0.3, 0.4) is 0 Å². The van der Waals surface area contributed by atoms with Crippen molar-refractivity contribution in [1.29, 1.82) is 0 Å². The molecule has 1 aliphatic carbocycles. The molecule has 4 heterocycles. The summed E-state index contributed by atoms with van der Waals surface area (Å²) in [7, 11) is -1.97. The first-order valence-electron chi connectivity index (χ1n) is 15.2. The summed E-state index contributed by atoms with van der Waals surface area (Å²) in [5.74, 6) is 0.743. The summed E-state index contributed by atoms with van der Waals surface area (Å²) < 4.78 is 2.58. The first-order chi connectivity index (χ1) is 20.6. The molecule has 2 aliphatic heterocycles. The fourth-order valence-corrected chi connectivity index (χ4v) is 11.5. The van der Waals surface area contributed by atoms with Crippen LogP contribution in [0.5, 0.6) is 0 Å². The summed E-state index contributed by atoms with van der Waals surface area (Å²) in [6.45, 7) is 5.26. The molecule has 0 saturated heterocycles. The number of aromatic nitrogens is 4. The van der Waals surface area contributed by atoms with Crippen LogP contribution in [0.1, 0.15) is 35.2 Å². The second kappa shape index (κ2) is 8.86. The predicted molar refractivity (Wildman–Crippen MR) is 176 cm³/mol. The molecule has 0 saturated carbocycles. The maximum atomic E-state index is 4.48. The number of benzene rings is 4. The molecule has 42 heavy (non-hydrogen) atoms. The van der Waals surface area contributed by atoms with Gasteiger partial charge in [0.1, 0.15) is 20.7 Å². The molecule has 0 fully saturated rings. The lowest BCUT2D eigenvalue weighted by Crippen LogP contribution is -2.78. The Hall–Kier alpha value is -4.29. The third-order valence-electron chi connectivity index (χ3n) is 10.2. The highest BCUT2D eigenvalue weighted by molar-refractivity contribution is 7.14. The van der Waals surface area contributed by atoms with E-state index in [-0.39, 0.29) is 6.71 Å². The second-order valence-corrected chi connectivity index (χ2v) is 17.1. The fraction of sp³-hybridized carbons (Fsp3) is 0.194. The van der Waals surface area contributed by atoms with Crippen molar-refractivity contribution in [2.45, 2.75) is 45.2 Å². The summed E-state index contributed by atoms with van der Waals surface area (Å²) in [6.07, 6.45) is 9.08. The fourth-order valence-electron chi connectivity index (χ4n) is 8.30. The predicted octanol–water partition coefficient (Wildman–Crippen LogP) is 3.92. The van der Waals surface area contributed by atoms with Crippen molar-refractivity contribution < 1.29 is 0 Å². The van der Waals surface area contributed by atoms with Crippen LogP contribution in [0.25, 0.3) is 28.0 Å². The molecule has 0 unspecified atom stereocenters. The first-order valence-corrected chi connectivity index (χ1v) is 18.2. The highest BCUT2D eigenvalue weighted by atomic mass is 28.3. The molecule has 4 aromatic carbocycles. The zero-order valence-corrected chi connectivity index (χ0v) is 25.1. The van der Waals surface area contributed by atoms with Crippen LogP contribution < -0.4 is 26.8 Å². The Kier molecular flexibility index (Phi) is 5.13. The second-order valence-electron chi connectivity index (χ2n) is 12.7. The lowest BCUT2D eigenvalue weighted by atomic mass is 9.33. The van der Waals surface area contributed by atoms with Gasteiger partial charge in [0.2, 0.25) is 6.71 Å². The Labute approximate surface area is 247 Å². The van der Waals surface area contributed by atoms with Crippen LogP contribution in [0, 0.1) is 0 Å². The molecule has 6 heteroatoms. The molecule has 0 bridgehead atoms. The van der Waals surface area contributed by atoms with Gasteiger partial charge in [0, 0.05) is 22.3 Å². The number of rotatable bonds is 2. The highest BCUT2D eigenvalue weighted by Gasteiger charge is 2.44. The number of hydrogen-bond donors (Lipinski definition) is 0. The van der Waals surface area contributed by atoms with Crippen LogP contribution >= 0.6 is 0 Å². The molecule has 4 nitrogen and oxygen atoms in total. The topological polar surface area (TPSA) is 43.6 Å². The van der Waals surface area contributed by atoms with Crippen LogP contribution in [0.2, 0.25) is 13.1 Å². The minimum Gasteiger partial charge on any atom is -0.313 e. The molecule has 0 amide bonds. The Morgan fingerprint density at radius 1 is 0.762 bits per heavy atom. The Bertz CT molecular complexity index is 2060. The van der Waals surface area contributed by atoms with Crippen LogP contribution in [0.15, 0.2) is 91.5 Å². The van der Waals surface area contributed by atoms with E-state index in [4.69, 9.17) is 0 Å². The molecule has 6 aromatic rings. The largest absolute Gasteiger partial charge is 0.313 e. The van der Waals surface area contributed by atoms with Gasteiger partial charge in [-0.25, -0.2) is 15.0 Å². The zero-order chi connectivity index (χ0) is 28.0. The molecule has 0 radical (unpaired) electrons. The van der Waals surface area contributed by atoms with Gasteiger partial charge in [-0.1, -0.05) is 101 Å². The number of hydrogen-bond acceptors (Lipinski definition) is 3. The van der Waals surface area contributed by atoms with E-state index in [1.165, 1.54) is 68.8 Å². The van der Waals surface area contributed by atoms with E-state index >= 15 is 0 Å². The van der Waals surface area contributed by atoms with Gasteiger partial charge < -0.3 is 4.57 Å². The minimum absolute atomic E-state index is 0.237. The number of para-hydroxylation sites is 1. The third-order valence-corrected chi connectivity index (χ3v) is 13.8. The lowest BCUT2D eigenvalue weighted by Gasteiger charge is -2.41. The van der Waals surface area contributed by atoms with E-state index in [0.717, 1.165) is 24.2 Å². The zero-order valence-electron chi connectivity index (χ0n) is 24.1. The molecule has 0 spiro atoms. The Balaban J connectivity index is 1.28. The highest BCUT2D eigenvalue weighted by Crippen LogP contribution is 2.35. The molecule has 2 aromatic heterocycles. The quantitative estimate of drug-likeness (QED) is 0.302. The van der Waals surface area contributed by atoms with E-state index < -0.39 is 8.07 Å². The van der Waals surface area contributed by atoms with Crippen molar-refractivity contribution in [3.05, 3.63) is 114 Å². The van der Waals surface area contributed by atoms with Crippen molar-refractivity contribution in [3.63, 3.8) is 0 Å². The van der Waals surface area contributed by atoms with Crippen LogP contribution in [0.4, 0.5) is 0 Å². The molecule has 9 rings (SSSR count). The van der Waals surface area contributed by atoms with Gasteiger partial charge in [0.25, 0.3) is 0 Å². The SMILES string of the molecule is C[Si]1(C)c2cc(-c3ncncn3)ccc2B2c3cc(-n4c5c(c6ccccc64)CCCC5)ccc3Cc3cccc1c32. The van der Waals surface area contributed by atoms with Gasteiger partial charge in [0.15, 0.2) is 5.82 Å². The van der Waals surface area contributed by atoms with E-state index in [2.05, 4.69) is 111 Å². The van der Waals surface area contributed by atoms with Crippen molar-refractivity contribution in [1.82, 2.24) is 19.5 Å². The monoisotopic (exact) mass is 558 g/mol. The molecular weight excluding hydrogens is 527 g/mol. The standard InChI is InChI=1S/C36H31BN4Si/c1-42(2)33-13-7-8-24-18-23-14-16-26(41-31-11-5-3-9-27(31)28-10-4-6-12-32(28)41)20-30(23)37(35(24)33)29-17-15-25(19-34(29)42)36-39-21-38-22-40-36/h3,5,7-9,11,13-17,19-22H,4,6,10,12,18H2,1-2H3. The smallest absolute Gasteiger partial charge is 0.241 e. The average Bonchev–Trinajstić information content (AvgIpc) is 3.37. The molecular formula is C36H31BN4Si. The van der Waals surface area contributed by atoms with Gasteiger partial charge in [0.05, 0.1) is 5.52 Å². The van der Waals surface area contributed by atoms with Crippen molar-refractivity contribution in [2.24, 2.45) is 0 Å². The van der Waals surface area contributed by atoms with Crippen molar-refractivity contribution >= 4 is 52.5 Å². The average molecular weight is 559 g/mol. The summed E-state index contributed by atoms with van der Waals surface area (Å²) >= 11 is 0. The summed E-state index contributed by atoms with van der Waals surface area (Å²) in [5, 5.41) is 4.50. The van der Waals surface area contributed by atoms with Gasteiger partial charge >= 0.3 is 0 Å². The molecule has 0 N–H and O–H groups in total.